The molecule has 2 heterocycles. The lowest BCUT2D eigenvalue weighted by Gasteiger charge is -2.31. The number of imide groups is 1. The summed E-state index contributed by atoms with van der Waals surface area (Å²) in [6, 6.07) is 22.8. The van der Waals surface area contributed by atoms with Crippen LogP contribution in [-0.2, 0) is 32.9 Å². The van der Waals surface area contributed by atoms with Crippen LogP contribution in [0.4, 0.5) is 0 Å². The molecule has 1 atom stereocenters. The van der Waals surface area contributed by atoms with E-state index in [4.69, 9.17) is 0 Å². The molecule has 5 rings (SSSR count). The number of hydrogen-bond donors (Lipinski definition) is 0. The maximum absolute atomic E-state index is 13.9. The van der Waals surface area contributed by atoms with Crippen molar-refractivity contribution in [2.45, 2.75) is 44.2 Å². The third-order valence-electron chi connectivity index (χ3n) is 7.02. The number of carbonyl (C=O) groups excluding carboxylic acids is 3. The molecule has 0 radical (unpaired) electrons. The number of benzene rings is 2. The molecule has 0 N–H and O–H groups in total. The van der Waals surface area contributed by atoms with Crippen LogP contribution in [0.1, 0.15) is 42.4 Å². The predicted octanol–water partition coefficient (Wildman–Crippen LogP) is 4.11. The number of hydrogen-bond acceptors (Lipinski definition) is 4. The van der Waals surface area contributed by atoms with Crippen molar-refractivity contribution in [2.24, 2.45) is 5.92 Å². The Labute approximate surface area is 205 Å². The topological polar surface area (TPSA) is 70.6 Å². The smallest absolute Gasteiger partial charge is 0.241 e. The average molecular weight is 468 g/mol. The summed E-state index contributed by atoms with van der Waals surface area (Å²) in [5.74, 6) is -0.124. The van der Waals surface area contributed by atoms with Crippen LogP contribution in [0.25, 0.3) is 0 Å². The molecule has 6 nitrogen and oxygen atoms in total. The van der Waals surface area contributed by atoms with E-state index in [9.17, 15) is 14.4 Å². The number of amides is 3. The van der Waals surface area contributed by atoms with E-state index >= 15 is 0 Å². The third kappa shape index (κ3) is 5.02. The molecule has 178 valence electrons. The summed E-state index contributed by atoms with van der Waals surface area (Å²) >= 11 is 0. The van der Waals surface area contributed by atoms with Crippen molar-refractivity contribution in [3.63, 3.8) is 0 Å². The van der Waals surface area contributed by atoms with Crippen LogP contribution < -0.4 is 0 Å². The zero-order valence-electron chi connectivity index (χ0n) is 19.7. The van der Waals surface area contributed by atoms with Crippen molar-refractivity contribution in [3.8, 4) is 0 Å². The minimum atomic E-state index is -1.19. The quantitative estimate of drug-likeness (QED) is 0.444. The fourth-order valence-electron chi connectivity index (χ4n) is 4.89. The molecule has 1 aromatic heterocycles. The van der Waals surface area contributed by atoms with E-state index in [0.717, 1.165) is 29.5 Å². The van der Waals surface area contributed by atoms with Gasteiger partial charge in [-0.2, -0.15) is 0 Å². The van der Waals surface area contributed by atoms with E-state index in [1.165, 1.54) is 4.90 Å². The van der Waals surface area contributed by atoms with E-state index < -0.39 is 5.41 Å². The van der Waals surface area contributed by atoms with E-state index in [0.29, 0.717) is 19.0 Å². The standard InChI is InChI=1S/C29H29N3O3/c33-26(31(20-23-11-12-23)19-22-7-3-1-4-8-22)17-29(25-9-5-2-6-10-25)18-27(34)32(28(29)35)21-24-13-15-30-16-14-24/h1-10,13-16,23H,11-12,17-21H2/t29-/m0/s1. The highest BCUT2D eigenvalue weighted by Crippen LogP contribution is 2.41. The van der Waals surface area contributed by atoms with Gasteiger partial charge < -0.3 is 4.90 Å². The van der Waals surface area contributed by atoms with Gasteiger partial charge in [0.2, 0.25) is 17.7 Å². The first kappa shape index (κ1) is 23.0. The van der Waals surface area contributed by atoms with Crippen LogP contribution in [0, 0.1) is 5.92 Å². The maximum Gasteiger partial charge on any atom is 0.241 e. The Balaban J connectivity index is 1.44. The van der Waals surface area contributed by atoms with Gasteiger partial charge in [-0.1, -0.05) is 60.7 Å². The SMILES string of the molecule is O=C(C[C@@]1(c2ccccc2)CC(=O)N(Cc2ccncc2)C1=O)N(Cc1ccccc1)CC1CC1. The van der Waals surface area contributed by atoms with Gasteiger partial charge in [-0.05, 0) is 47.6 Å². The second kappa shape index (κ2) is 9.82. The highest BCUT2D eigenvalue weighted by molar-refractivity contribution is 6.10. The highest BCUT2D eigenvalue weighted by atomic mass is 16.2. The summed E-state index contributed by atoms with van der Waals surface area (Å²) in [4.78, 5) is 48.1. The van der Waals surface area contributed by atoms with Crippen molar-refractivity contribution >= 4 is 17.7 Å². The van der Waals surface area contributed by atoms with Crippen LogP contribution in [0.2, 0.25) is 0 Å². The van der Waals surface area contributed by atoms with E-state index in [-0.39, 0.29) is 37.1 Å². The Morgan fingerprint density at radius 2 is 1.57 bits per heavy atom. The average Bonchev–Trinajstić information content (AvgIpc) is 3.68. The number of pyridine rings is 1. The van der Waals surface area contributed by atoms with Crippen molar-refractivity contribution in [1.82, 2.24) is 14.8 Å². The number of likely N-dealkylation sites (tertiary alicyclic amines) is 1. The fourth-order valence-corrected chi connectivity index (χ4v) is 4.89. The second-order valence-corrected chi connectivity index (χ2v) is 9.65. The summed E-state index contributed by atoms with van der Waals surface area (Å²) < 4.78 is 0. The zero-order chi connectivity index (χ0) is 24.3. The van der Waals surface area contributed by atoms with Gasteiger partial charge in [0.15, 0.2) is 0 Å². The largest absolute Gasteiger partial charge is 0.338 e. The Morgan fingerprint density at radius 3 is 2.23 bits per heavy atom. The molecule has 0 bridgehead atoms. The van der Waals surface area contributed by atoms with Crippen LogP contribution in [0.5, 0.6) is 0 Å². The molecule has 2 aromatic carbocycles. The van der Waals surface area contributed by atoms with E-state index in [1.807, 2.05) is 65.6 Å². The molecule has 2 aliphatic rings. The van der Waals surface area contributed by atoms with Gasteiger partial charge in [-0.25, -0.2) is 0 Å². The van der Waals surface area contributed by atoms with Gasteiger partial charge in [-0.3, -0.25) is 24.3 Å². The molecule has 0 unspecified atom stereocenters. The van der Waals surface area contributed by atoms with Gasteiger partial charge in [0.05, 0.1) is 12.0 Å². The molecule has 35 heavy (non-hydrogen) atoms. The van der Waals surface area contributed by atoms with Crippen molar-refractivity contribution < 1.29 is 14.4 Å². The van der Waals surface area contributed by atoms with Gasteiger partial charge in [0.25, 0.3) is 0 Å². The monoisotopic (exact) mass is 467 g/mol. The normalized spacial score (nSPS) is 19.7. The molecule has 1 aliphatic carbocycles. The number of carbonyl (C=O) groups is 3. The lowest BCUT2D eigenvalue weighted by Crippen LogP contribution is -2.43. The molecule has 3 amide bonds. The van der Waals surface area contributed by atoms with Crippen LogP contribution in [-0.4, -0.2) is 39.1 Å². The Hall–Kier alpha value is -3.80. The first-order valence-corrected chi connectivity index (χ1v) is 12.2. The number of nitrogens with zero attached hydrogens (tertiary/aromatic N) is 3. The summed E-state index contributed by atoms with van der Waals surface area (Å²) in [6.07, 6.45) is 5.52. The van der Waals surface area contributed by atoms with Gasteiger partial charge >= 0.3 is 0 Å². The van der Waals surface area contributed by atoms with Crippen LogP contribution in [0.15, 0.2) is 85.2 Å². The minimum Gasteiger partial charge on any atom is -0.338 e. The molecule has 0 spiro atoms. The van der Waals surface area contributed by atoms with Crippen LogP contribution in [0.3, 0.4) is 0 Å². The summed E-state index contributed by atoms with van der Waals surface area (Å²) in [5, 5.41) is 0. The van der Waals surface area contributed by atoms with Crippen molar-refractivity contribution in [1.29, 1.82) is 0 Å². The van der Waals surface area contributed by atoms with E-state index in [1.54, 1.807) is 24.5 Å². The zero-order valence-corrected chi connectivity index (χ0v) is 19.7. The minimum absolute atomic E-state index is 0.00469. The molecule has 2 fully saturated rings. The summed E-state index contributed by atoms with van der Waals surface area (Å²) in [5.41, 5.74) is 1.41. The van der Waals surface area contributed by atoms with Crippen molar-refractivity contribution in [3.05, 3.63) is 102 Å². The summed E-state index contributed by atoms with van der Waals surface area (Å²) in [6.45, 7) is 1.37. The predicted molar refractivity (Wildman–Crippen MR) is 132 cm³/mol. The molecular formula is C29H29N3O3. The van der Waals surface area contributed by atoms with Gasteiger partial charge in [0, 0.05) is 38.3 Å². The Kier molecular flexibility index (Phi) is 6.45. The van der Waals surface area contributed by atoms with Gasteiger partial charge in [-0.15, -0.1) is 0 Å². The molecular weight excluding hydrogens is 438 g/mol. The van der Waals surface area contributed by atoms with Crippen LogP contribution >= 0.6 is 0 Å². The van der Waals surface area contributed by atoms with Gasteiger partial charge in [0.1, 0.15) is 0 Å². The maximum atomic E-state index is 13.9. The highest BCUT2D eigenvalue weighted by Gasteiger charge is 2.54. The lowest BCUT2D eigenvalue weighted by atomic mass is 9.75. The number of rotatable bonds is 9. The first-order chi connectivity index (χ1) is 17.0. The lowest BCUT2D eigenvalue weighted by molar-refractivity contribution is -0.143. The number of aromatic nitrogens is 1. The second-order valence-electron chi connectivity index (χ2n) is 9.65. The molecule has 1 saturated carbocycles. The molecule has 6 heteroatoms. The Morgan fingerprint density at radius 1 is 0.914 bits per heavy atom. The molecule has 3 aromatic rings. The molecule has 1 saturated heterocycles. The fraction of sp³-hybridized carbons (Fsp3) is 0.310. The van der Waals surface area contributed by atoms with E-state index in [2.05, 4.69) is 4.98 Å². The third-order valence-corrected chi connectivity index (χ3v) is 7.02. The molecule has 1 aliphatic heterocycles. The first-order valence-electron chi connectivity index (χ1n) is 12.2. The Bertz CT molecular complexity index is 1200. The van der Waals surface area contributed by atoms with Crippen molar-refractivity contribution in [2.75, 3.05) is 6.54 Å². The summed E-state index contributed by atoms with van der Waals surface area (Å²) in [7, 11) is 0.